The molecule has 0 fully saturated rings. The maximum Gasteiger partial charge on any atom is 0.264 e. The first kappa shape index (κ1) is 16.5. The Hall–Kier alpha value is -0.560. The van der Waals surface area contributed by atoms with Crippen LogP contribution in [0, 0.1) is 5.82 Å². The Labute approximate surface area is 124 Å². The molecule has 19 heavy (non-hydrogen) atoms. The van der Waals surface area contributed by atoms with E-state index in [1.165, 1.54) is 11.9 Å². The molecule has 0 radical (unpaired) electrons. The predicted octanol–water partition coefficient (Wildman–Crippen LogP) is 3.15. The maximum absolute atomic E-state index is 13.6. The molecule has 1 rings (SSSR count). The van der Waals surface area contributed by atoms with Crippen LogP contribution in [-0.4, -0.2) is 32.8 Å². The van der Waals surface area contributed by atoms with E-state index in [2.05, 4.69) is 0 Å². The highest BCUT2D eigenvalue weighted by molar-refractivity contribution is 8.14. The Balaban J connectivity index is 3.63. The third-order valence-corrected chi connectivity index (χ3v) is 4.76. The Morgan fingerprint density at radius 1 is 1.37 bits per heavy atom. The van der Waals surface area contributed by atoms with Crippen LogP contribution >= 0.6 is 33.9 Å². The minimum Gasteiger partial charge on any atom is -0.342 e. The third kappa shape index (κ3) is 3.31. The second-order valence-corrected chi connectivity index (χ2v) is 6.88. The summed E-state index contributed by atoms with van der Waals surface area (Å²) in [5.74, 6) is -1.72. The molecule has 4 nitrogen and oxygen atoms in total. The summed E-state index contributed by atoms with van der Waals surface area (Å²) in [4.78, 5) is 12.4. The highest BCUT2D eigenvalue weighted by Gasteiger charge is 2.28. The van der Waals surface area contributed by atoms with Crippen molar-refractivity contribution in [3.8, 4) is 0 Å². The average Bonchev–Trinajstić information content (AvgIpc) is 2.30. The summed E-state index contributed by atoms with van der Waals surface area (Å²) in [5.41, 5.74) is -0.313. The van der Waals surface area contributed by atoms with Gasteiger partial charge >= 0.3 is 0 Å². The topological polar surface area (TPSA) is 54.5 Å². The van der Waals surface area contributed by atoms with E-state index >= 15 is 0 Å². The van der Waals surface area contributed by atoms with E-state index in [0.29, 0.717) is 6.54 Å². The number of hydrogen-bond acceptors (Lipinski definition) is 3. The molecule has 1 aromatic carbocycles. The van der Waals surface area contributed by atoms with Crippen LogP contribution in [0.5, 0.6) is 0 Å². The van der Waals surface area contributed by atoms with Crippen LogP contribution in [0.15, 0.2) is 11.0 Å². The summed E-state index contributed by atoms with van der Waals surface area (Å²) in [7, 11) is 2.22. The smallest absolute Gasteiger partial charge is 0.264 e. The molecule has 1 aromatic rings. The van der Waals surface area contributed by atoms with Gasteiger partial charge in [-0.2, -0.15) is 0 Å². The monoisotopic (exact) mass is 347 g/mol. The number of hydrogen-bond donors (Lipinski definition) is 0. The third-order valence-electron chi connectivity index (χ3n) is 2.41. The summed E-state index contributed by atoms with van der Waals surface area (Å²) in [6.45, 7) is 2.03. The summed E-state index contributed by atoms with van der Waals surface area (Å²) in [6, 6.07) is 0.782. The normalized spacial score (nSPS) is 11.5. The highest BCUT2D eigenvalue weighted by atomic mass is 35.7. The number of rotatable bonds is 3. The van der Waals surface area contributed by atoms with E-state index in [9.17, 15) is 17.6 Å². The van der Waals surface area contributed by atoms with Crippen LogP contribution in [0.4, 0.5) is 4.39 Å². The van der Waals surface area contributed by atoms with Crippen molar-refractivity contribution in [1.82, 2.24) is 4.90 Å². The average molecular weight is 349 g/mol. The predicted molar refractivity (Wildman–Crippen MR) is 72.1 cm³/mol. The van der Waals surface area contributed by atoms with E-state index in [0.717, 1.165) is 6.07 Å². The fourth-order valence-corrected chi connectivity index (χ4v) is 3.67. The number of carbonyl (C=O) groups is 1. The zero-order valence-electron chi connectivity index (χ0n) is 9.88. The second-order valence-electron chi connectivity index (χ2n) is 3.62. The Bertz CT molecular complexity index is 633. The zero-order chi connectivity index (χ0) is 15.0. The lowest BCUT2D eigenvalue weighted by atomic mass is 10.2. The summed E-state index contributed by atoms with van der Waals surface area (Å²) < 4.78 is 36.3. The van der Waals surface area contributed by atoms with E-state index in [1.807, 2.05) is 0 Å². The first-order valence-electron chi connectivity index (χ1n) is 4.98. The molecule has 0 aliphatic carbocycles. The van der Waals surface area contributed by atoms with Crippen molar-refractivity contribution < 1.29 is 17.6 Å². The van der Waals surface area contributed by atoms with Gasteiger partial charge in [0.25, 0.3) is 15.0 Å². The largest absolute Gasteiger partial charge is 0.342 e. The number of carbonyl (C=O) groups excluding carboxylic acids is 1. The van der Waals surface area contributed by atoms with Crippen molar-refractivity contribution in [2.24, 2.45) is 0 Å². The van der Waals surface area contributed by atoms with Gasteiger partial charge in [0.1, 0.15) is 10.7 Å². The molecule has 9 heteroatoms. The lowest BCUT2D eigenvalue weighted by molar-refractivity contribution is 0.0802. The lowest BCUT2D eigenvalue weighted by Crippen LogP contribution is -2.27. The lowest BCUT2D eigenvalue weighted by Gasteiger charge is -2.17. The van der Waals surface area contributed by atoms with Gasteiger partial charge in [0.15, 0.2) is 0 Å². The van der Waals surface area contributed by atoms with Gasteiger partial charge in [-0.25, -0.2) is 12.8 Å². The molecule has 0 bridgehead atoms. The molecule has 0 aromatic heterocycles. The van der Waals surface area contributed by atoms with Crippen molar-refractivity contribution in [3.63, 3.8) is 0 Å². The molecule has 0 aliphatic rings. The molecule has 0 N–H and O–H groups in total. The molecular weight excluding hydrogens is 340 g/mol. The van der Waals surface area contributed by atoms with E-state index in [1.54, 1.807) is 6.92 Å². The molecule has 0 aliphatic heterocycles. The molecule has 0 saturated carbocycles. The van der Waals surface area contributed by atoms with Crippen molar-refractivity contribution in [2.75, 3.05) is 13.6 Å². The van der Waals surface area contributed by atoms with Gasteiger partial charge in [0, 0.05) is 24.3 Å². The van der Waals surface area contributed by atoms with Crippen LogP contribution in [0.2, 0.25) is 10.0 Å². The molecule has 106 valence electrons. The maximum atomic E-state index is 13.6. The van der Waals surface area contributed by atoms with Crippen LogP contribution in [-0.2, 0) is 9.05 Å². The molecule has 0 saturated heterocycles. The number of halogens is 4. The van der Waals surface area contributed by atoms with Crippen molar-refractivity contribution in [1.29, 1.82) is 0 Å². The minimum absolute atomic E-state index is 0.313. The summed E-state index contributed by atoms with van der Waals surface area (Å²) >= 11 is 11.3. The molecular formula is C10H9Cl3FNO3S. The van der Waals surface area contributed by atoms with E-state index < -0.39 is 35.7 Å². The van der Waals surface area contributed by atoms with Crippen molar-refractivity contribution >= 4 is 48.8 Å². The van der Waals surface area contributed by atoms with Gasteiger partial charge in [-0.1, -0.05) is 23.2 Å². The van der Waals surface area contributed by atoms with Crippen molar-refractivity contribution in [2.45, 2.75) is 11.8 Å². The minimum atomic E-state index is -4.38. The van der Waals surface area contributed by atoms with Crippen LogP contribution < -0.4 is 0 Å². The van der Waals surface area contributed by atoms with Gasteiger partial charge in [0.05, 0.1) is 15.6 Å². The fraction of sp³-hybridized carbons (Fsp3) is 0.300. The molecule has 1 amide bonds. The molecule has 0 atom stereocenters. The number of benzene rings is 1. The standard InChI is InChI=1S/C10H9Cl3FNO3S/c1-3-15(2)10(16)5-4-6(14)8(12)9(7(5)11)19(13,17)18/h4H,3H2,1-2H3. The SMILES string of the molecule is CCN(C)C(=O)c1cc(F)c(Cl)c(S(=O)(=O)Cl)c1Cl. The van der Waals surface area contributed by atoms with Gasteiger partial charge in [-0.3, -0.25) is 4.79 Å². The van der Waals surface area contributed by atoms with E-state index in [-0.39, 0.29) is 5.56 Å². The quantitative estimate of drug-likeness (QED) is 0.623. The first-order chi connectivity index (χ1) is 8.61. The van der Waals surface area contributed by atoms with E-state index in [4.69, 9.17) is 33.9 Å². The molecule has 0 spiro atoms. The second kappa shape index (κ2) is 5.83. The first-order valence-corrected chi connectivity index (χ1v) is 8.05. The van der Waals surface area contributed by atoms with Crippen LogP contribution in [0.1, 0.15) is 17.3 Å². The van der Waals surface area contributed by atoms with Gasteiger partial charge in [-0.15, -0.1) is 0 Å². The van der Waals surface area contributed by atoms with Gasteiger partial charge in [-0.05, 0) is 13.0 Å². The number of nitrogens with zero attached hydrogens (tertiary/aromatic N) is 1. The number of amides is 1. The molecule has 0 heterocycles. The zero-order valence-corrected chi connectivity index (χ0v) is 13.0. The summed E-state index contributed by atoms with van der Waals surface area (Å²) in [6.07, 6.45) is 0. The Kier molecular flexibility index (Phi) is 5.06. The van der Waals surface area contributed by atoms with Crippen LogP contribution in [0.25, 0.3) is 0 Å². The van der Waals surface area contributed by atoms with Gasteiger partial charge in [0.2, 0.25) is 0 Å². The van der Waals surface area contributed by atoms with Crippen LogP contribution in [0.3, 0.4) is 0 Å². The van der Waals surface area contributed by atoms with Crippen molar-refractivity contribution in [3.05, 3.63) is 27.5 Å². The molecule has 0 unspecified atom stereocenters. The fourth-order valence-electron chi connectivity index (χ4n) is 1.30. The highest BCUT2D eigenvalue weighted by Crippen LogP contribution is 2.36. The summed E-state index contributed by atoms with van der Waals surface area (Å²) in [5, 5.41) is -1.23. The van der Waals surface area contributed by atoms with Gasteiger partial charge < -0.3 is 4.90 Å². The Morgan fingerprint density at radius 3 is 2.32 bits per heavy atom. The Morgan fingerprint density at radius 2 is 1.89 bits per heavy atom.